The molecule has 9 unspecified atom stereocenters. The van der Waals surface area contributed by atoms with E-state index in [2.05, 4.69) is 112 Å². The predicted octanol–water partition coefficient (Wildman–Crippen LogP) is 10.2. The van der Waals surface area contributed by atoms with Crippen molar-refractivity contribution in [2.75, 3.05) is 14.2 Å². The smallest absolute Gasteiger partial charge is 0.407 e. The molecule has 0 spiro atoms. The highest BCUT2D eigenvalue weighted by Crippen LogP contribution is 2.48. The molecule has 6 aliphatic carbocycles. The van der Waals surface area contributed by atoms with Gasteiger partial charge in [0.25, 0.3) is 0 Å². The van der Waals surface area contributed by atoms with E-state index in [9.17, 15) is 29.7 Å². The van der Waals surface area contributed by atoms with Gasteiger partial charge < -0.3 is 39.9 Å². The van der Waals surface area contributed by atoms with Gasteiger partial charge in [-0.25, -0.2) is 19.6 Å². The molecule has 8 aliphatic rings. The van der Waals surface area contributed by atoms with Crippen molar-refractivity contribution in [3.05, 3.63) is 107 Å². The fourth-order valence-electron chi connectivity index (χ4n) is 13.4. The SMILES string of the molecule is COC(=O)NC(CC#N)C(=O)N1C(c2nc3ccc(-c4cc5ccc4CCc4ccc(c(-c6ccc7nc(C8CC9CCCCC9N8C(=O)C(CC#N)NC(=O)OC)[nH]c7c6)c4)CC5C)cc3[nH]2)CC2CCCCC21. The molecule has 386 valence electrons. The third-order valence-electron chi connectivity index (χ3n) is 17.2. The van der Waals surface area contributed by atoms with Crippen molar-refractivity contribution in [2.24, 2.45) is 11.8 Å². The molecule has 4 heterocycles. The van der Waals surface area contributed by atoms with Gasteiger partial charge in [-0.1, -0.05) is 81.1 Å². The van der Waals surface area contributed by atoms with Crippen molar-refractivity contribution in [2.45, 2.75) is 145 Å². The number of fused-ring (bicyclic) bond motifs is 4. The minimum Gasteiger partial charge on any atom is -0.453 e. The molecule has 4 N–H and O–H groups in total. The highest BCUT2D eigenvalue weighted by atomic mass is 16.5. The summed E-state index contributed by atoms with van der Waals surface area (Å²) >= 11 is 0. The summed E-state index contributed by atoms with van der Waals surface area (Å²) in [5.74, 6) is 1.69. The average molecular weight is 1010 g/mol. The first-order valence-corrected chi connectivity index (χ1v) is 26.8. The molecule has 2 saturated carbocycles. The number of alkyl carbamates (subject to hydrolysis) is 2. The van der Waals surface area contributed by atoms with Crippen molar-refractivity contribution in [1.29, 1.82) is 10.5 Å². The van der Waals surface area contributed by atoms with Gasteiger partial charge in [-0.3, -0.25) is 9.59 Å². The maximum Gasteiger partial charge on any atom is 0.407 e. The number of likely N-dealkylation sites (tertiary alicyclic amines) is 2. The van der Waals surface area contributed by atoms with Gasteiger partial charge in [-0.2, -0.15) is 10.5 Å². The number of hydrogen-bond acceptors (Lipinski definition) is 10. The van der Waals surface area contributed by atoms with Gasteiger partial charge in [0.1, 0.15) is 23.7 Å². The van der Waals surface area contributed by atoms with Crippen molar-refractivity contribution in [3.8, 4) is 34.4 Å². The molecule has 16 nitrogen and oxygen atoms in total. The van der Waals surface area contributed by atoms with Gasteiger partial charge in [-0.05, 0) is 144 Å². The van der Waals surface area contributed by atoms with Crippen LogP contribution in [0.5, 0.6) is 0 Å². The summed E-state index contributed by atoms with van der Waals surface area (Å²) in [6, 6.07) is 28.1. The number of nitrogens with one attached hydrogen (secondary N) is 4. The Hall–Kier alpha value is -7.72. The molecule has 4 fully saturated rings. The number of carbonyl (C=O) groups is 4. The first kappa shape index (κ1) is 49.5. The summed E-state index contributed by atoms with van der Waals surface area (Å²) in [7, 11) is 2.50. The number of imidazole rings is 2. The molecule has 9 atom stereocenters. The number of rotatable bonds is 10. The number of aryl methyl sites for hydroxylation is 2. The number of aromatic amines is 2. The zero-order valence-corrected chi connectivity index (χ0v) is 42.9. The standard InChI is InChI=1S/C59H64N10O6/c1-33-26-37-15-13-34(27-42(37)38-18-20-44-48(29-38)64-54(62-44)52-31-40-8-4-6-10-50(40)68(52)56(70)46(22-24-60)66-58(72)74-2)12-14-35-16-17-36(33)28-43(35)39-19-21-45-49(30-39)65-55(63-45)53-32-41-9-5-7-11-51(41)69(53)57(71)47(23-25-61)67-59(73)75-3/h13,15-21,27-30,33,40-41,46-47,50-53H,4-12,14,22-23,26,31-32H2,1-3H3,(H,62,64)(H,63,65)(H,66,72)(H,67,73). The number of nitriles is 2. The molecule has 4 aromatic carbocycles. The fourth-order valence-corrected chi connectivity index (χ4v) is 13.4. The Labute approximate surface area is 436 Å². The first-order chi connectivity index (χ1) is 36.5. The fraction of sp³-hybridized carbons (Fsp3) is 0.458. The van der Waals surface area contributed by atoms with E-state index in [1.807, 2.05) is 9.80 Å². The molecule has 14 rings (SSSR count). The minimum absolute atomic E-state index is 0.00858. The minimum atomic E-state index is -1.02. The molecule has 0 radical (unpaired) electrons. The summed E-state index contributed by atoms with van der Waals surface area (Å²) in [6.45, 7) is 2.29. The monoisotopic (exact) mass is 1010 g/mol. The number of benzene rings is 4. The van der Waals surface area contributed by atoms with Crippen LogP contribution in [0.3, 0.4) is 0 Å². The molecule has 2 aromatic heterocycles. The van der Waals surface area contributed by atoms with E-state index < -0.39 is 24.3 Å². The van der Waals surface area contributed by atoms with Crippen LogP contribution in [-0.2, 0) is 38.3 Å². The van der Waals surface area contributed by atoms with Gasteiger partial charge in [0.15, 0.2) is 0 Å². The molecule has 75 heavy (non-hydrogen) atoms. The van der Waals surface area contributed by atoms with Gasteiger partial charge in [0, 0.05) is 12.1 Å². The van der Waals surface area contributed by atoms with Crippen molar-refractivity contribution in [3.63, 3.8) is 0 Å². The number of aromatic nitrogens is 4. The van der Waals surface area contributed by atoms with Crippen LogP contribution in [0.4, 0.5) is 9.59 Å². The second kappa shape index (κ2) is 20.9. The second-order valence-corrected chi connectivity index (χ2v) is 21.5. The van der Waals surface area contributed by atoms with Crippen LogP contribution in [0.25, 0.3) is 44.3 Å². The third-order valence-corrected chi connectivity index (χ3v) is 17.2. The summed E-state index contributed by atoms with van der Waals surface area (Å²) in [6.07, 6.45) is 10.3. The first-order valence-electron chi connectivity index (χ1n) is 26.8. The van der Waals surface area contributed by atoms with Crippen molar-refractivity contribution in [1.82, 2.24) is 40.4 Å². The van der Waals surface area contributed by atoms with E-state index in [0.717, 1.165) is 128 Å². The number of amides is 4. The number of hydrogen-bond donors (Lipinski definition) is 4. The van der Waals surface area contributed by atoms with E-state index in [-0.39, 0.29) is 54.7 Å². The molecule has 4 bridgehead atoms. The predicted molar refractivity (Wildman–Crippen MR) is 282 cm³/mol. The molecular weight excluding hydrogens is 945 g/mol. The zero-order chi connectivity index (χ0) is 51.9. The van der Waals surface area contributed by atoms with Crippen molar-refractivity contribution >= 4 is 46.1 Å². The molecular formula is C59H64N10O6. The lowest BCUT2D eigenvalue weighted by molar-refractivity contribution is -0.138. The highest BCUT2D eigenvalue weighted by Gasteiger charge is 2.49. The number of methoxy groups -OCH3 is 2. The van der Waals surface area contributed by atoms with Crippen LogP contribution in [0, 0.1) is 34.5 Å². The molecule has 2 aliphatic heterocycles. The molecule has 2 saturated heterocycles. The highest BCUT2D eigenvalue weighted by molar-refractivity contribution is 5.89. The maximum absolute atomic E-state index is 14.3. The summed E-state index contributed by atoms with van der Waals surface area (Å²) < 4.78 is 9.65. The zero-order valence-electron chi connectivity index (χ0n) is 42.9. The topological polar surface area (TPSA) is 222 Å². The van der Waals surface area contributed by atoms with Crippen LogP contribution in [0.2, 0.25) is 0 Å². The van der Waals surface area contributed by atoms with Gasteiger partial charge in [-0.15, -0.1) is 0 Å². The Morgan fingerprint density at radius 1 is 0.653 bits per heavy atom. The van der Waals surface area contributed by atoms with Crippen LogP contribution < -0.4 is 10.6 Å². The van der Waals surface area contributed by atoms with Crippen LogP contribution in [0.1, 0.15) is 136 Å². The van der Waals surface area contributed by atoms with E-state index in [0.29, 0.717) is 11.8 Å². The Balaban J connectivity index is 0.861. The largest absolute Gasteiger partial charge is 0.453 e. The van der Waals surface area contributed by atoms with Crippen LogP contribution >= 0.6 is 0 Å². The second-order valence-electron chi connectivity index (χ2n) is 21.5. The lowest BCUT2D eigenvalue weighted by atomic mass is 9.84. The lowest BCUT2D eigenvalue weighted by Crippen LogP contribution is -2.51. The molecule has 4 amide bonds. The quantitative estimate of drug-likeness (QED) is 0.102. The maximum atomic E-state index is 14.3. The van der Waals surface area contributed by atoms with E-state index in [1.54, 1.807) is 0 Å². The van der Waals surface area contributed by atoms with Gasteiger partial charge in [0.05, 0.1) is 73.4 Å². The van der Waals surface area contributed by atoms with Crippen LogP contribution in [-0.4, -0.2) is 92.1 Å². The Kier molecular flexibility index (Phi) is 13.8. The summed E-state index contributed by atoms with van der Waals surface area (Å²) in [4.78, 5) is 74.5. The Bertz CT molecular complexity index is 3280. The third kappa shape index (κ3) is 9.56. The van der Waals surface area contributed by atoms with Gasteiger partial charge >= 0.3 is 12.2 Å². The van der Waals surface area contributed by atoms with Crippen LogP contribution in [0.15, 0.2) is 72.8 Å². The summed E-state index contributed by atoms with van der Waals surface area (Å²) in [5.41, 5.74) is 13.0. The average Bonchev–Trinajstić information content (AvgIpc) is 4.25. The van der Waals surface area contributed by atoms with E-state index in [1.165, 1.54) is 47.6 Å². The number of carbonyl (C=O) groups excluding carboxylic acids is 4. The Morgan fingerprint density at radius 3 is 1.68 bits per heavy atom. The van der Waals surface area contributed by atoms with Gasteiger partial charge in [0.2, 0.25) is 11.8 Å². The Morgan fingerprint density at radius 2 is 1.16 bits per heavy atom. The summed E-state index contributed by atoms with van der Waals surface area (Å²) in [5, 5.41) is 24.5. The van der Waals surface area contributed by atoms with E-state index >= 15 is 0 Å². The number of ether oxygens (including phenoxy) is 2. The van der Waals surface area contributed by atoms with E-state index in [4.69, 9.17) is 19.4 Å². The number of nitrogens with zero attached hydrogens (tertiary/aromatic N) is 6. The molecule has 16 heteroatoms. The molecule has 6 aromatic rings. The normalized spacial score (nSPS) is 23.8. The van der Waals surface area contributed by atoms with Crippen molar-refractivity contribution < 1.29 is 28.7 Å². The lowest BCUT2D eigenvalue weighted by Gasteiger charge is -2.35. The number of H-pyrrole nitrogens is 2.